The molecule has 0 atom stereocenters. The number of alkyl halides is 1. The molecule has 2 N–H and O–H groups in total. The van der Waals surface area contributed by atoms with Crippen molar-refractivity contribution in [2.24, 2.45) is 0 Å². The van der Waals surface area contributed by atoms with Crippen LogP contribution in [0.5, 0.6) is 11.5 Å². The molecule has 0 aromatic heterocycles. The number of halogens is 1. The summed E-state index contributed by atoms with van der Waals surface area (Å²) in [5.41, 5.74) is 7.78. The first-order valence-corrected chi connectivity index (χ1v) is 25.9. The van der Waals surface area contributed by atoms with Crippen LogP contribution in [0.25, 0.3) is 22.3 Å². The van der Waals surface area contributed by atoms with Gasteiger partial charge in [0.2, 0.25) is 0 Å². The minimum atomic E-state index is 0.318. The van der Waals surface area contributed by atoms with E-state index in [1.54, 1.807) is 12.1 Å². The van der Waals surface area contributed by atoms with Gasteiger partial charge in [0.15, 0.2) is 0 Å². The van der Waals surface area contributed by atoms with Gasteiger partial charge in [-0.3, -0.25) is 0 Å². The Morgan fingerprint density at radius 3 is 1.06 bits per heavy atom. The van der Waals surface area contributed by atoms with E-state index in [2.05, 4.69) is 93.6 Å². The first kappa shape index (κ1) is 60.8. The highest BCUT2D eigenvalue weighted by atomic mass is 35.5. The zero-order valence-electron chi connectivity index (χ0n) is 41.6. The van der Waals surface area contributed by atoms with E-state index in [1.807, 2.05) is 53.7 Å². The van der Waals surface area contributed by atoms with Gasteiger partial charge < -0.3 is 14.9 Å². The second-order valence-corrected chi connectivity index (χ2v) is 15.6. The second-order valence-electron chi connectivity index (χ2n) is 15.2. The van der Waals surface area contributed by atoms with E-state index in [0.29, 0.717) is 12.4 Å². The number of ether oxygens (including phenoxy) is 1. The molecule has 4 aromatic rings. The maximum absolute atomic E-state index is 9.32. The number of aliphatic hydroxyl groups excluding tert-OH is 1. The van der Waals surface area contributed by atoms with Crippen molar-refractivity contribution in [3.05, 3.63) is 108 Å². The summed E-state index contributed by atoms with van der Waals surface area (Å²) in [6.07, 6.45) is 28.0. The lowest BCUT2D eigenvalue weighted by Gasteiger charge is -2.08. The van der Waals surface area contributed by atoms with Crippen molar-refractivity contribution in [1.29, 1.82) is 0 Å². The molecule has 4 heteroatoms. The van der Waals surface area contributed by atoms with Crippen molar-refractivity contribution >= 4 is 11.6 Å². The molecule has 4 aromatic carbocycles. The van der Waals surface area contributed by atoms with Gasteiger partial charge in [-0.2, -0.15) is 0 Å². The van der Waals surface area contributed by atoms with Gasteiger partial charge in [-0.05, 0) is 103 Å². The molecule has 0 aliphatic carbocycles. The number of unbranched alkanes of at least 4 members (excludes halogenated alkanes) is 16. The molecule has 0 spiro atoms. The van der Waals surface area contributed by atoms with Crippen LogP contribution in [0, 0.1) is 0 Å². The Morgan fingerprint density at radius 1 is 0.387 bits per heavy atom. The number of hydrogen-bond acceptors (Lipinski definition) is 3. The molecule has 0 fully saturated rings. The number of aryl methyl sites for hydroxylation is 2. The molecule has 0 saturated carbocycles. The summed E-state index contributed by atoms with van der Waals surface area (Å²) >= 11 is 5.70. The van der Waals surface area contributed by atoms with Crippen LogP contribution in [0.15, 0.2) is 97.1 Å². The molecule has 0 unspecified atom stereocenters. The summed E-state index contributed by atoms with van der Waals surface area (Å²) < 4.78 is 5.90. The molecule has 0 heterocycles. The third-order valence-electron chi connectivity index (χ3n) is 10.2. The van der Waals surface area contributed by atoms with E-state index in [-0.39, 0.29) is 0 Å². The van der Waals surface area contributed by atoms with Crippen molar-refractivity contribution in [3.8, 4) is 33.8 Å². The maximum atomic E-state index is 9.32. The molecule has 62 heavy (non-hydrogen) atoms. The molecule has 0 amide bonds. The summed E-state index contributed by atoms with van der Waals surface area (Å²) in [4.78, 5) is 0. The number of phenols is 1. The number of aliphatic hydroxyl groups is 1. The molecule has 0 saturated heterocycles. The van der Waals surface area contributed by atoms with Crippen LogP contribution in [0.4, 0.5) is 0 Å². The maximum Gasteiger partial charge on any atom is 0.119 e. The van der Waals surface area contributed by atoms with E-state index in [1.165, 1.54) is 143 Å². The lowest BCUT2D eigenvalue weighted by molar-refractivity contribution is 0.287. The highest BCUT2D eigenvalue weighted by Gasteiger charge is 2.02. The Labute approximate surface area is 389 Å². The van der Waals surface area contributed by atoms with Crippen LogP contribution < -0.4 is 4.74 Å². The fraction of sp³-hybridized carbons (Fsp3) is 0.586. The monoisotopic (exact) mass is 875 g/mol. The minimum absolute atomic E-state index is 0.318. The van der Waals surface area contributed by atoms with E-state index in [4.69, 9.17) is 21.4 Å². The lowest BCUT2D eigenvalue weighted by atomic mass is 10.0. The summed E-state index contributed by atoms with van der Waals surface area (Å²) in [5.74, 6) is 2.08. The van der Waals surface area contributed by atoms with Crippen LogP contribution in [-0.2, 0) is 12.8 Å². The van der Waals surface area contributed by atoms with Gasteiger partial charge in [-0.1, -0.05) is 231 Å². The highest BCUT2D eigenvalue weighted by Crippen LogP contribution is 2.25. The van der Waals surface area contributed by atoms with Gasteiger partial charge in [0.05, 0.1) is 6.61 Å². The van der Waals surface area contributed by atoms with Gasteiger partial charge in [0.25, 0.3) is 0 Å². The van der Waals surface area contributed by atoms with Crippen molar-refractivity contribution in [2.75, 3.05) is 19.1 Å². The van der Waals surface area contributed by atoms with Crippen LogP contribution in [0.3, 0.4) is 0 Å². The SMILES string of the molecule is CC.CC.CC.CCCCCCCCc1ccc(-c2ccc(O)cc2)cc1.CCCCCCCCc1ccc(-c2ccc(OCCCCCCCCCl)cc2)cc1.CCCCO. The first-order valence-electron chi connectivity index (χ1n) is 25.4. The quantitative estimate of drug-likeness (QED) is 0.0463. The Kier molecular flexibility index (Phi) is 46.3. The standard InChI is InChI=1S/C28H41ClO.C20H26O.C4H10O.3C2H6/c1-2-3-4-5-8-11-14-25-15-17-26(18-16-25)27-19-21-28(22-20-27)30-24-13-10-7-6-9-12-23-29;1-2-3-4-5-6-7-8-17-9-11-18(12-10-17)19-13-15-20(21)16-14-19;1-2-3-4-5;3*1-2/h15-22H,2-14,23-24H2,1H3;9-16,21H,2-8H2,1H3;5H,2-4H2,1H3;3*1-2H3. The van der Waals surface area contributed by atoms with Crippen LogP contribution >= 0.6 is 11.6 Å². The number of benzene rings is 4. The smallest absolute Gasteiger partial charge is 0.119 e. The minimum Gasteiger partial charge on any atom is -0.508 e. The fourth-order valence-electron chi connectivity index (χ4n) is 6.60. The molecule has 0 radical (unpaired) electrons. The van der Waals surface area contributed by atoms with Crippen LogP contribution in [-0.4, -0.2) is 29.3 Å². The third-order valence-corrected chi connectivity index (χ3v) is 10.5. The van der Waals surface area contributed by atoms with Crippen molar-refractivity contribution in [1.82, 2.24) is 0 Å². The van der Waals surface area contributed by atoms with Crippen molar-refractivity contribution in [2.45, 2.75) is 204 Å². The van der Waals surface area contributed by atoms with Gasteiger partial charge >= 0.3 is 0 Å². The fourth-order valence-corrected chi connectivity index (χ4v) is 6.78. The topological polar surface area (TPSA) is 49.7 Å². The predicted molar refractivity (Wildman–Crippen MR) is 280 cm³/mol. The van der Waals surface area contributed by atoms with Crippen LogP contribution in [0.2, 0.25) is 0 Å². The Hall–Kier alpha value is -3.27. The van der Waals surface area contributed by atoms with Gasteiger partial charge in [-0.25, -0.2) is 0 Å². The van der Waals surface area contributed by atoms with Crippen molar-refractivity contribution < 1.29 is 14.9 Å². The largest absolute Gasteiger partial charge is 0.508 e. The van der Waals surface area contributed by atoms with E-state index < -0.39 is 0 Å². The Bertz CT molecular complexity index is 1430. The molecule has 4 rings (SSSR count). The molecule has 0 aliphatic heterocycles. The summed E-state index contributed by atoms with van der Waals surface area (Å²) in [6, 6.07) is 33.8. The average molecular weight is 876 g/mol. The number of aromatic hydroxyl groups is 1. The highest BCUT2D eigenvalue weighted by molar-refractivity contribution is 6.17. The molecule has 0 bridgehead atoms. The van der Waals surface area contributed by atoms with Crippen molar-refractivity contribution in [3.63, 3.8) is 0 Å². The average Bonchev–Trinajstić information content (AvgIpc) is 3.33. The van der Waals surface area contributed by atoms with Gasteiger partial charge in [-0.15, -0.1) is 11.6 Å². The van der Waals surface area contributed by atoms with E-state index >= 15 is 0 Å². The second kappa shape index (κ2) is 47.2. The van der Waals surface area contributed by atoms with E-state index in [9.17, 15) is 5.11 Å². The summed E-state index contributed by atoms with van der Waals surface area (Å²) in [6.45, 7) is 19.7. The normalized spacial score (nSPS) is 9.92. The van der Waals surface area contributed by atoms with Gasteiger partial charge in [0.1, 0.15) is 11.5 Å². The van der Waals surface area contributed by atoms with Crippen LogP contribution in [0.1, 0.15) is 202 Å². The summed E-state index contributed by atoms with van der Waals surface area (Å²) in [7, 11) is 0. The molecule has 3 nitrogen and oxygen atoms in total. The molecular formula is C58H95ClO3. The molecule has 352 valence electrons. The van der Waals surface area contributed by atoms with Gasteiger partial charge in [0, 0.05) is 12.5 Å². The summed E-state index contributed by atoms with van der Waals surface area (Å²) in [5, 5.41) is 17.4. The third kappa shape index (κ3) is 33.3. The number of rotatable bonds is 27. The number of hydrogen-bond donors (Lipinski definition) is 2. The zero-order chi connectivity index (χ0) is 46.3. The Balaban J connectivity index is 0. The predicted octanol–water partition coefficient (Wildman–Crippen LogP) is 19.0. The van der Waals surface area contributed by atoms with E-state index in [0.717, 1.165) is 49.5 Å². The first-order chi connectivity index (χ1) is 30.5. The number of phenolic OH excluding ortho intramolecular Hbond substituents is 1. The zero-order valence-corrected chi connectivity index (χ0v) is 42.4. The Morgan fingerprint density at radius 2 is 0.710 bits per heavy atom. The molecule has 0 aliphatic rings. The lowest BCUT2D eigenvalue weighted by Crippen LogP contribution is -1.97. The molecular weight excluding hydrogens is 780 g/mol.